The second kappa shape index (κ2) is 9.13. The molecule has 1 unspecified atom stereocenters. The maximum Gasteiger partial charge on any atom is 0.238 e. The van der Waals surface area contributed by atoms with Crippen molar-refractivity contribution in [1.82, 2.24) is 0 Å². The van der Waals surface area contributed by atoms with E-state index in [0.717, 1.165) is 28.3 Å². The van der Waals surface area contributed by atoms with Crippen LogP contribution in [0.3, 0.4) is 0 Å². The topological polar surface area (TPSA) is 103 Å². The molecule has 0 fully saturated rings. The molecule has 8 nitrogen and oxygen atoms in total. The van der Waals surface area contributed by atoms with E-state index in [0.29, 0.717) is 17.9 Å². The van der Waals surface area contributed by atoms with Crippen LogP contribution in [0.4, 0.5) is 5.69 Å². The molecule has 0 bridgehead atoms. The molecule has 2 N–H and O–H groups in total. The van der Waals surface area contributed by atoms with Gasteiger partial charge in [0.05, 0.1) is 43.7 Å². The van der Waals surface area contributed by atoms with Crippen molar-refractivity contribution in [2.24, 2.45) is 10.2 Å². The van der Waals surface area contributed by atoms with Gasteiger partial charge in [-0.25, -0.2) is 13.6 Å². The third-order valence-corrected chi connectivity index (χ3v) is 6.49. The zero-order valence-electron chi connectivity index (χ0n) is 18.6. The first-order valence-electron chi connectivity index (χ1n) is 10.2. The van der Waals surface area contributed by atoms with E-state index in [1.807, 2.05) is 47.5 Å². The van der Waals surface area contributed by atoms with E-state index in [4.69, 9.17) is 24.5 Å². The number of benzene rings is 3. The summed E-state index contributed by atoms with van der Waals surface area (Å²) in [5, 5.41) is 12.0. The van der Waals surface area contributed by atoms with Crippen molar-refractivity contribution in [2.75, 3.05) is 26.3 Å². The number of sulfonamides is 1. The van der Waals surface area contributed by atoms with Crippen LogP contribution in [0.25, 0.3) is 0 Å². The van der Waals surface area contributed by atoms with Gasteiger partial charge < -0.3 is 14.2 Å². The summed E-state index contributed by atoms with van der Waals surface area (Å²) in [6, 6.07) is 19.7. The Labute approximate surface area is 193 Å². The summed E-state index contributed by atoms with van der Waals surface area (Å²) in [4.78, 5) is 0.0486. The van der Waals surface area contributed by atoms with Crippen molar-refractivity contribution >= 4 is 21.4 Å². The Kier molecular flexibility index (Phi) is 6.26. The van der Waals surface area contributed by atoms with Crippen molar-refractivity contribution in [3.05, 3.63) is 77.9 Å². The van der Waals surface area contributed by atoms with E-state index < -0.39 is 10.0 Å². The number of hydrazone groups is 1. The highest BCUT2D eigenvalue weighted by molar-refractivity contribution is 7.89. The molecule has 0 radical (unpaired) electrons. The van der Waals surface area contributed by atoms with Crippen molar-refractivity contribution < 1.29 is 22.6 Å². The lowest BCUT2D eigenvalue weighted by molar-refractivity contribution is 0.354. The number of rotatable bonds is 7. The number of nitrogens with two attached hydrogens (primary N) is 1. The Hall–Kier alpha value is -3.56. The van der Waals surface area contributed by atoms with Crippen LogP contribution in [-0.4, -0.2) is 35.5 Å². The Balaban J connectivity index is 1.75. The lowest BCUT2D eigenvalue weighted by atomic mass is 9.97. The molecule has 172 valence electrons. The number of methoxy groups -OCH3 is 3. The first-order valence-corrected chi connectivity index (χ1v) is 11.7. The Morgan fingerprint density at radius 2 is 1.55 bits per heavy atom. The lowest BCUT2D eigenvalue weighted by Crippen LogP contribution is -2.19. The molecule has 9 heteroatoms. The molecule has 3 aromatic carbocycles. The van der Waals surface area contributed by atoms with Crippen LogP contribution in [0.2, 0.25) is 0 Å². The molecular weight excluding hydrogens is 442 g/mol. The summed E-state index contributed by atoms with van der Waals surface area (Å²) in [5.41, 5.74) is 3.60. The maximum atomic E-state index is 11.7. The highest BCUT2D eigenvalue weighted by atomic mass is 32.2. The number of ether oxygens (including phenoxy) is 3. The molecule has 0 amide bonds. The molecule has 33 heavy (non-hydrogen) atoms. The van der Waals surface area contributed by atoms with Gasteiger partial charge in [0.25, 0.3) is 0 Å². The van der Waals surface area contributed by atoms with E-state index in [9.17, 15) is 8.42 Å². The summed E-state index contributed by atoms with van der Waals surface area (Å²) >= 11 is 0. The molecule has 1 atom stereocenters. The fourth-order valence-corrected chi connectivity index (χ4v) is 4.33. The van der Waals surface area contributed by atoms with Gasteiger partial charge in [0.15, 0.2) is 11.5 Å². The van der Waals surface area contributed by atoms with E-state index in [-0.39, 0.29) is 10.9 Å². The monoisotopic (exact) mass is 467 g/mol. The van der Waals surface area contributed by atoms with Crippen LogP contribution in [0.15, 0.2) is 76.7 Å². The van der Waals surface area contributed by atoms with Gasteiger partial charge in [0, 0.05) is 6.42 Å². The summed E-state index contributed by atoms with van der Waals surface area (Å²) in [6.07, 6.45) is 0.638. The minimum atomic E-state index is -3.78. The van der Waals surface area contributed by atoms with Gasteiger partial charge in [0.1, 0.15) is 5.75 Å². The minimum Gasteiger partial charge on any atom is -0.497 e. The maximum absolute atomic E-state index is 11.7. The second-order valence-electron chi connectivity index (χ2n) is 7.49. The number of nitrogens with zero attached hydrogens (tertiary/aromatic N) is 2. The summed E-state index contributed by atoms with van der Waals surface area (Å²) < 4.78 is 39.5. The van der Waals surface area contributed by atoms with Gasteiger partial charge in [-0.1, -0.05) is 6.07 Å². The van der Waals surface area contributed by atoms with Crippen molar-refractivity contribution in [2.45, 2.75) is 17.4 Å². The van der Waals surface area contributed by atoms with Crippen molar-refractivity contribution in [1.29, 1.82) is 0 Å². The molecule has 3 aromatic rings. The Morgan fingerprint density at radius 1 is 0.879 bits per heavy atom. The van der Waals surface area contributed by atoms with Gasteiger partial charge >= 0.3 is 0 Å². The number of hydrogen-bond donors (Lipinski definition) is 1. The third kappa shape index (κ3) is 4.64. The van der Waals surface area contributed by atoms with Gasteiger partial charge in [-0.15, -0.1) is 0 Å². The quantitative estimate of drug-likeness (QED) is 0.568. The molecular formula is C24H25N3O5S. The van der Waals surface area contributed by atoms with Crippen molar-refractivity contribution in [3.8, 4) is 17.2 Å². The standard InChI is InChI=1S/C24H25N3O5S/c1-30-19-9-4-16(5-10-19)21-15-22(17-6-13-23(31-2)24(14-17)32-3)27(26-21)18-7-11-20(12-8-18)33(25,28)29/h4-14,22H,15H2,1-3H3,(H2,25,28,29). The van der Waals surface area contributed by atoms with Gasteiger partial charge in [0.2, 0.25) is 10.0 Å². The Morgan fingerprint density at radius 3 is 2.12 bits per heavy atom. The molecule has 1 heterocycles. The van der Waals surface area contributed by atoms with Gasteiger partial charge in [-0.05, 0) is 71.8 Å². The lowest BCUT2D eigenvalue weighted by Gasteiger charge is -2.24. The first-order chi connectivity index (χ1) is 15.8. The summed E-state index contributed by atoms with van der Waals surface area (Å²) in [6.45, 7) is 0. The zero-order chi connectivity index (χ0) is 23.6. The van der Waals surface area contributed by atoms with E-state index in [1.54, 1.807) is 33.5 Å². The smallest absolute Gasteiger partial charge is 0.238 e. The highest BCUT2D eigenvalue weighted by Crippen LogP contribution is 2.40. The zero-order valence-corrected chi connectivity index (χ0v) is 19.4. The van der Waals surface area contributed by atoms with Crippen LogP contribution in [0.5, 0.6) is 17.2 Å². The van der Waals surface area contributed by atoms with Crippen LogP contribution >= 0.6 is 0 Å². The SMILES string of the molecule is COc1ccc(C2=NN(c3ccc(S(N)(=O)=O)cc3)C(c3ccc(OC)c(OC)c3)C2)cc1. The van der Waals surface area contributed by atoms with Gasteiger partial charge in [-0.2, -0.15) is 5.10 Å². The predicted molar refractivity (Wildman–Crippen MR) is 127 cm³/mol. The van der Waals surface area contributed by atoms with E-state index >= 15 is 0 Å². The molecule has 4 rings (SSSR count). The predicted octanol–water partition coefficient (Wildman–Crippen LogP) is 3.72. The molecule has 0 saturated heterocycles. The number of primary sulfonamides is 1. The van der Waals surface area contributed by atoms with Gasteiger partial charge in [-0.3, -0.25) is 5.01 Å². The molecule has 0 spiro atoms. The fraction of sp³-hybridized carbons (Fsp3) is 0.208. The normalized spacial score (nSPS) is 15.8. The molecule has 1 aliphatic rings. The van der Waals surface area contributed by atoms with Crippen molar-refractivity contribution in [3.63, 3.8) is 0 Å². The largest absolute Gasteiger partial charge is 0.497 e. The molecule has 0 saturated carbocycles. The van der Waals surface area contributed by atoms with E-state index in [2.05, 4.69) is 0 Å². The summed E-state index contributed by atoms with van der Waals surface area (Å²) in [5.74, 6) is 2.03. The first kappa shape index (κ1) is 22.6. The van der Waals surface area contributed by atoms with Crippen LogP contribution in [-0.2, 0) is 10.0 Å². The molecule has 1 aliphatic heterocycles. The second-order valence-corrected chi connectivity index (χ2v) is 9.05. The van der Waals surface area contributed by atoms with Crippen LogP contribution < -0.4 is 24.4 Å². The highest BCUT2D eigenvalue weighted by Gasteiger charge is 2.31. The van der Waals surface area contributed by atoms with Crippen LogP contribution in [0.1, 0.15) is 23.6 Å². The van der Waals surface area contributed by atoms with Crippen LogP contribution in [0, 0.1) is 0 Å². The Bertz CT molecular complexity index is 1270. The molecule has 0 aromatic heterocycles. The fourth-order valence-electron chi connectivity index (χ4n) is 3.81. The average molecular weight is 468 g/mol. The minimum absolute atomic E-state index is 0.0486. The van der Waals surface area contributed by atoms with E-state index in [1.165, 1.54) is 12.1 Å². The number of hydrogen-bond acceptors (Lipinski definition) is 7. The third-order valence-electron chi connectivity index (χ3n) is 5.56. The average Bonchev–Trinajstić information content (AvgIpc) is 3.28. The summed E-state index contributed by atoms with van der Waals surface area (Å²) in [7, 11) is 1.04. The number of anilines is 1. The molecule has 0 aliphatic carbocycles.